The topological polar surface area (TPSA) is 91.3 Å². The van der Waals surface area contributed by atoms with Crippen LogP contribution in [0.2, 0.25) is 0 Å². The van der Waals surface area contributed by atoms with E-state index in [0.29, 0.717) is 18.9 Å². The quantitative estimate of drug-likeness (QED) is 0.637. The molecule has 1 amide bonds. The van der Waals surface area contributed by atoms with Crippen LogP contribution in [0.15, 0.2) is 33.9 Å². The molecule has 1 fully saturated rings. The van der Waals surface area contributed by atoms with Gasteiger partial charge in [0, 0.05) is 24.1 Å². The molecular weight excluding hydrogens is 418 g/mol. The fourth-order valence-electron chi connectivity index (χ4n) is 3.17. The van der Waals surface area contributed by atoms with Crippen molar-refractivity contribution in [1.82, 2.24) is 4.90 Å². The molecule has 0 unspecified atom stereocenters. The van der Waals surface area contributed by atoms with Crippen molar-refractivity contribution in [3.63, 3.8) is 0 Å². The highest BCUT2D eigenvalue weighted by atomic mass is 79.9. The fraction of sp³-hybridized carbons (Fsp3) is 0.444. The SMILES string of the molecule is COC(=O)C1=C(Nc2cc(Br)ccc2N2CCOCC2)C(=O)N(CCO)C1. The average Bonchev–Trinajstić information content (AvgIpc) is 2.98. The van der Waals surface area contributed by atoms with Crippen LogP contribution < -0.4 is 10.2 Å². The normalized spacial score (nSPS) is 17.5. The molecule has 0 aliphatic carbocycles. The van der Waals surface area contributed by atoms with Crippen molar-refractivity contribution in [3.05, 3.63) is 33.9 Å². The summed E-state index contributed by atoms with van der Waals surface area (Å²) >= 11 is 3.46. The number of esters is 1. The Morgan fingerprint density at radius 1 is 1.37 bits per heavy atom. The minimum absolute atomic E-state index is 0.106. The maximum Gasteiger partial charge on any atom is 0.337 e. The van der Waals surface area contributed by atoms with E-state index in [1.807, 2.05) is 18.2 Å². The van der Waals surface area contributed by atoms with Gasteiger partial charge in [0.25, 0.3) is 5.91 Å². The van der Waals surface area contributed by atoms with Gasteiger partial charge in [-0.2, -0.15) is 0 Å². The number of carbonyl (C=O) groups excluding carboxylic acids is 2. The Bertz CT molecular complexity index is 761. The highest BCUT2D eigenvalue weighted by Gasteiger charge is 2.35. The number of nitrogens with one attached hydrogen (secondary N) is 1. The Balaban J connectivity index is 1.95. The van der Waals surface area contributed by atoms with E-state index in [9.17, 15) is 14.7 Å². The molecule has 9 heteroatoms. The van der Waals surface area contributed by atoms with Crippen molar-refractivity contribution in [2.45, 2.75) is 0 Å². The van der Waals surface area contributed by atoms with E-state index in [1.165, 1.54) is 12.0 Å². The molecule has 1 aromatic rings. The third-order valence-corrected chi connectivity index (χ3v) is 5.02. The predicted octanol–water partition coefficient (Wildman–Crippen LogP) is 0.959. The van der Waals surface area contributed by atoms with Gasteiger partial charge in [0.1, 0.15) is 5.70 Å². The van der Waals surface area contributed by atoms with Gasteiger partial charge in [-0.15, -0.1) is 0 Å². The molecule has 2 aliphatic rings. The molecule has 8 nitrogen and oxygen atoms in total. The lowest BCUT2D eigenvalue weighted by molar-refractivity contribution is -0.136. The summed E-state index contributed by atoms with van der Waals surface area (Å²) in [4.78, 5) is 28.5. The largest absolute Gasteiger partial charge is 0.466 e. The van der Waals surface area contributed by atoms with Crippen LogP contribution in [-0.2, 0) is 19.1 Å². The van der Waals surface area contributed by atoms with Crippen LogP contribution in [0.25, 0.3) is 0 Å². The summed E-state index contributed by atoms with van der Waals surface area (Å²) in [6.07, 6.45) is 0. The number of morpholine rings is 1. The van der Waals surface area contributed by atoms with Crippen LogP contribution in [0.4, 0.5) is 11.4 Å². The lowest BCUT2D eigenvalue weighted by Crippen LogP contribution is -2.36. The van der Waals surface area contributed by atoms with Crippen molar-refractivity contribution in [2.24, 2.45) is 0 Å². The van der Waals surface area contributed by atoms with Gasteiger partial charge in [0.05, 0.1) is 50.4 Å². The second-order valence-electron chi connectivity index (χ2n) is 6.18. The van der Waals surface area contributed by atoms with Gasteiger partial charge in [-0.25, -0.2) is 4.79 Å². The fourth-order valence-corrected chi connectivity index (χ4v) is 3.53. The number of rotatable bonds is 6. The zero-order valence-corrected chi connectivity index (χ0v) is 16.6. The van der Waals surface area contributed by atoms with Crippen LogP contribution >= 0.6 is 15.9 Å². The zero-order valence-electron chi connectivity index (χ0n) is 15.0. The summed E-state index contributed by atoms with van der Waals surface area (Å²) in [7, 11) is 1.28. The number of anilines is 2. The van der Waals surface area contributed by atoms with E-state index in [2.05, 4.69) is 26.1 Å². The molecule has 2 N–H and O–H groups in total. The van der Waals surface area contributed by atoms with E-state index >= 15 is 0 Å². The summed E-state index contributed by atoms with van der Waals surface area (Å²) in [6.45, 7) is 2.83. The monoisotopic (exact) mass is 439 g/mol. The first-order valence-electron chi connectivity index (χ1n) is 8.66. The van der Waals surface area contributed by atoms with Crippen LogP contribution in [0.3, 0.4) is 0 Å². The maximum absolute atomic E-state index is 12.7. The number of hydrogen-bond donors (Lipinski definition) is 2. The summed E-state index contributed by atoms with van der Waals surface area (Å²) in [5.74, 6) is -0.897. The van der Waals surface area contributed by atoms with E-state index < -0.39 is 5.97 Å². The molecule has 0 saturated carbocycles. The maximum atomic E-state index is 12.7. The summed E-state index contributed by atoms with van der Waals surface area (Å²) in [6, 6.07) is 5.76. The lowest BCUT2D eigenvalue weighted by atomic mass is 10.2. The van der Waals surface area contributed by atoms with E-state index in [1.54, 1.807) is 0 Å². The smallest absolute Gasteiger partial charge is 0.337 e. The van der Waals surface area contributed by atoms with Crippen LogP contribution in [0.5, 0.6) is 0 Å². The Hall–Kier alpha value is -2.10. The molecule has 146 valence electrons. The molecule has 1 aromatic carbocycles. The van der Waals surface area contributed by atoms with Gasteiger partial charge < -0.3 is 29.7 Å². The molecule has 2 aliphatic heterocycles. The van der Waals surface area contributed by atoms with Crippen LogP contribution in [0.1, 0.15) is 0 Å². The molecule has 0 spiro atoms. The number of halogens is 1. The van der Waals surface area contributed by atoms with Crippen LogP contribution in [-0.4, -0.2) is 75.0 Å². The van der Waals surface area contributed by atoms with Gasteiger partial charge in [0.2, 0.25) is 0 Å². The van der Waals surface area contributed by atoms with Gasteiger partial charge in [-0.05, 0) is 18.2 Å². The van der Waals surface area contributed by atoms with E-state index in [-0.39, 0.29) is 36.9 Å². The number of benzene rings is 1. The van der Waals surface area contributed by atoms with Gasteiger partial charge in [-0.3, -0.25) is 4.79 Å². The molecule has 0 bridgehead atoms. The molecule has 2 heterocycles. The molecule has 3 rings (SSSR count). The molecular formula is C18H22BrN3O5. The van der Waals surface area contributed by atoms with E-state index in [4.69, 9.17) is 9.47 Å². The number of aliphatic hydroxyl groups is 1. The van der Waals surface area contributed by atoms with Crippen molar-refractivity contribution < 1.29 is 24.2 Å². The number of carbonyl (C=O) groups is 2. The average molecular weight is 440 g/mol. The summed E-state index contributed by atoms with van der Waals surface area (Å²) in [5, 5.41) is 12.3. The summed E-state index contributed by atoms with van der Waals surface area (Å²) in [5.41, 5.74) is 2.07. The third kappa shape index (κ3) is 4.26. The number of nitrogens with zero attached hydrogens (tertiary/aromatic N) is 2. The third-order valence-electron chi connectivity index (χ3n) is 4.52. The van der Waals surface area contributed by atoms with Crippen molar-refractivity contribution in [1.29, 1.82) is 0 Å². The van der Waals surface area contributed by atoms with Crippen molar-refractivity contribution in [2.75, 3.05) is 63.3 Å². The Kier molecular flexibility index (Phi) is 6.35. The molecule has 0 aromatic heterocycles. The highest BCUT2D eigenvalue weighted by molar-refractivity contribution is 9.10. The first kappa shape index (κ1) is 19.7. The predicted molar refractivity (Wildman–Crippen MR) is 104 cm³/mol. The second-order valence-corrected chi connectivity index (χ2v) is 7.10. The van der Waals surface area contributed by atoms with Crippen molar-refractivity contribution in [3.8, 4) is 0 Å². The molecule has 1 saturated heterocycles. The highest BCUT2D eigenvalue weighted by Crippen LogP contribution is 2.33. The molecule has 27 heavy (non-hydrogen) atoms. The van der Waals surface area contributed by atoms with Gasteiger partial charge in [0.15, 0.2) is 0 Å². The molecule has 0 atom stereocenters. The Morgan fingerprint density at radius 2 is 2.11 bits per heavy atom. The van der Waals surface area contributed by atoms with Gasteiger partial charge >= 0.3 is 5.97 Å². The molecule has 0 radical (unpaired) electrons. The van der Waals surface area contributed by atoms with Crippen LogP contribution in [0, 0.1) is 0 Å². The zero-order chi connectivity index (χ0) is 19.4. The number of hydrogen-bond acceptors (Lipinski definition) is 7. The number of amides is 1. The second kappa shape index (κ2) is 8.73. The van der Waals surface area contributed by atoms with Gasteiger partial charge in [-0.1, -0.05) is 15.9 Å². The number of methoxy groups -OCH3 is 1. The number of ether oxygens (including phenoxy) is 2. The minimum Gasteiger partial charge on any atom is -0.466 e. The number of β-amino-alcohol motifs (C(OH)–C–C–N with tert-alkyl or cyclic N) is 1. The first-order valence-corrected chi connectivity index (χ1v) is 9.45. The number of aliphatic hydroxyl groups excluding tert-OH is 1. The standard InChI is InChI=1S/C18H22BrN3O5/c1-26-18(25)13-11-22(4-7-23)17(24)16(13)20-14-10-12(19)2-3-15(14)21-5-8-27-9-6-21/h2-3,10,20,23H,4-9,11H2,1H3. The first-order chi connectivity index (χ1) is 13.0. The minimum atomic E-state index is -0.561. The summed E-state index contributed by atoms with van der Waals surface area (Å²) < 4.78 is 11.1. The lowest BCUT2D eigenvalue weighted by Gasteiger charge is -2.31. The van der Waals surface area contributed by atoms with E-state index in [0.717, 1.165) is 23.2 Å². The Labute approximate surface area is 165 Å². The van der Waals surface area contributed by atoms with Crippen molar-refractivity contribution >= 4 is 39.2 Å². The Morgan fingerprint density at radius 3 is 2.78 bits per heavy atom.